The van der Waals surface area contributed by atoms with Crippen LogP contribution in [0.15, 0.2) is 12.4 Å². The van der Waals surface area contributed by atoms with Gasteiger partial charge in [0.15, 0.2) is 0 Å². The van der Waals surface area contributed by atoms with Gasteiger partial charge in [-0.3, -0.25) is 0 Å². The number of aliphatic hydroxyl groups is 1. The van der Waals surface area contributed by atoms with Gasteiger partial charge in [0.1, 0.15) is 18.0 Å². The second-order valence-electron chi connectivity index (χ2n) is 2.79. The van der Waals surface area contributed by atoms with Gasteiger partial charge >= 0.3 is 0 Å². The molecular weight excluding hydrogens is 198 g/mol. The number of hydrogen-bond acceptors (Lipinski definition) is 7. The Morgan fingerprint density at radius 2 is 2.40 bits per heavy atom. The highest BCUT2D eigenvalue weighted by molar-refractivity contribution is 5.53. The first kappa shape index (κ1) is 9.62. The molecule has 8 heteroatoms. The molecule has 0 fully saturated rings. The molecule has 0 radical (unpaired) electrons. The molecular formula is C7H11N7O. The van der Waals surface area contributed by atoms with Crippen LogP contribution in [0.5, 0.6) is 0 Å². The van der Waals surface area contributed by atoms with Crippen molar-refractivity contribution in [3.63, 3.8) is 0 Å². The highest BCUT2D eigenvalue weighted by Crippen LogP contribution is 2.12. The predicted octanol–water partition coefficient (Wildman–Crippen LogP) is -1.19. The molecule has 0 aromatic carbocycles. The number of aliphatic hydroxyl groups excluding tert-OH is 1. The molecule has 0 aliphatic heterocycles. The van der Waals surface area contributed by atoms with Crippen molar-refractivity contribution in [3.05, 3.63) is 12.4 Å². The molecule has 0 saturated heterocycles. The van der Waals surface area contributed by atoms with E-state index >= 15 is 0 Å². The van der Waals surface area contributed by atoms with Crippen LogP contribution in [-0.4, -0.2) is 37.8 Å². The Kier molecular flexibility index (Phi) is 2.61. The molecule has 2 aromatic heterocycles. The fourth-order valence-electron chi connectivity index (χ4n) is 1.20. The van der Waals surface area contributed by atoms with Crippen molar-refractivity contribution in [3.8, 4) is 0 Å². The molecule has 2 rings (SSSR count). The second-order valence-corrected chi connectivity index (χ2v) is 2.79. The first-order chi connectivity index (χ1) is 7.35. The van der Waals surface area contributed by atoms with Crippen molar-refractivity contribution in [1.29, 1.82) is 0 Å². The minimum absolute atomic E-state index is 0.0316. The summed E-state index contributed by atoms with van der Waals surface area (Å²) in [5.41, 5.74) is 2.43. The van der Waals surface area contributed by atoms with Gasteiger partial charge in [-0.05, 0) is 0 Å². The first-order valence-electron chi connectivity index (χ1n) is 4.37. The maximum absolute atomic E-state index is 8.71. The van der Waals surface area contributed by atoms with Crippen LogP contribution >= 0.6 is 0 Å². The van der Waals surface area contributed by atoms with Crippen LogP contribution < -0.4 is 16.6 Å². The van der Waals surface area contributed by atoms with Crippen LogP contribution in [0.4, 0.5) is 11.6 Å². The van der Waals surface area contributed by atoms with Crippen LogP contribution in [0.1, 0.15) is 0 Å². The zero-order valence-electron chi connectivity index (χ0n) is 7.88. The third kappa shape index (κ3) is 1.80. The minimum Gasteiger partial charge on any atom is -0.395 e. The third-order valence-corrected chi connectivity index (χ3v) is 1.82. The molecule has 5 N–H and O–H groups in total. The lowest BCUT2D eigenvalue weighted by atomic mass is 10.5. The first-order valence-corrected chi connectivity index (χ1v) is 4.37. The summed E-state index contributed by atoms with van der Waals surface area (Å²) < 4.78 is 1.52. The summed E-state index contributed by atoms with van der Waals surface area (Å²) in [5, 5.41) is 15.7. The Bertz CT molecular complexity index is 454. The van der Waals surface area contributed by atoms with Crippen molar-refractivity contribution in [2.75, 3.05) is 23.9 Å². The molecule has 0 amide bonds. The van der Waals surface area contributed by atoms with Gasteiger partial charge < -0.3 is 15.8 Å². The van der Waals surface area contributed by atoms with Gasteiger partial charge in [0.25, 0.3) is 5.78 Å². The molecule has 80 valence electrons. The maximum Gasteiger partial charge on any atom is 0.256 e. The molecule has 0 aliphatic rings. The van der Waals surface area contributed by atoms with Gasteiger partial charge in [-0.2, -0.15) is 19.6 Å². The molecule has 0 spiro atoms. The Labute approximate surface area is 85.1 Å². The third-order valence-electron chi connectivity index (χ3n) is 1.82. The van der Waals surface area contributed by atoms with E-state index in [1.807, 2.05) is 0 Å². The zero-order valence-corrected chi connectivity index (χ0v) is 7.88. The van der Waals surface area contributed by atoms with Gasteiger partial charge in [-0.25, -0.2) is 5.84 Å². The maximum atomic E-state index is 8.71. The number of fused-ring (bicyclic) bond motifs is 1. The number of hydrazine groups is 1. The number of nitrogen functional groups attached to an aromatic ring is 1. The average molecular weight is 209 g/mol. The van der Waals surface area contributed by atoms with Gasteiger partial charge in [0.2, 0.25) is 0 Å². The van der Waals surface area contributed by atoms with Crippen LogP contribution in [0.2, 0.25) is 0 Å². The number of nitrogens with zero attached hydrogens (tertiary/aromatic N) is 4. The van der Waals surface area contributed by atoms with E-state index in [0.29, 0.717) is 24.0 Å². The number of aromatic nitrogens is 4. The molecule has 15 heavy (non-hydrogen) atoms. The topological polar surface area (TPSA) is 113 Å². The highest BCUT2D eigenvalue weighted by Gasteiger charge is 2.05. The summed E-state index contributed by atoms with van der Waals surface area (Å²) in [6, 6.07) is 1.68. The van der Waals surface area contributed by atoms with E-state index in [4.69, 9.17) is 10.9 Å². The van der Waals surface area contributed by atoms with E-state index in [1.54, 1.807) is 6.07 Å². The van der Waals surface area contributed by atoms with E-state index in [9.17, 15) is 0 Å². The average Bonchev–Trinajstić information content (AvgIpc) is 2.73. The Balaban J connectivity index is 2.43. The standard InChI is InChI=1S/C7H11N7O/c8-13-5-3-6(9-1-2-15)14-7(12-5)10-4-11-14/h3-4,9,15H,1-2,8H2,(H,10,11,12,13). The van der Waals surface area contributed by atoms with E-state index < -0.39 is 0 Å². The largest absolute Gasteiger partial charge is 0.395 e. The lowest BCUT2D eigenvalue weighted by molar-refractivity contribution is 0.311. The van der Waals surface area contributed by atoms with E-state index in [2.05, 4.69) is 25.8 Å². The highest BCUT2D eigenvalue weighted by atomic mass is 16.3. The second kappa shape index (κ2) is 4.07. The lowest BCUT2D eigenvalue weighted by Gasteiger charge is -2.07. The monoisotopic (exact) mass is 209 g/mol. The predicted molar refractivity (Wildman–Crippen MR) is 54.2 cm³/mol. The summed E-state index contributed by atoms with van der Waals surface area (Å²) in [7, 11) is 0. The van der Waals surface area contributed by atoms with Crippen LogP contribution in [0.3, 0.4) is 0 Å². The lowest BCUT2D eigenvalue weighted by Crippen LogP contribution is -2.14. The number of anilines is 2. The van der Waals surface area contributed by atoms with Gasteiger partial charge in [0.05, 0.1) is 6.61 Å². The van der Waals surface area contributed by atoms with Gasteiger partial charge in [-0.15, -0.1) is 0 Å². The summed E-state index contributed by atoms with van der Waals surface area (Å²) in [4.78, 5) is 8.01. The van der Waals surface area contributed by atoms with Gasteiger partial charge in [-0.1, -0.05) is 0 Å². The van der Waals surface area contributed by atoms with Gasteiger partial charge in [0, 0.05) is 12.6 Å². The van der Waals surface area contributed by atoms with Crippen molar-refractivity contribution < 1.29 is 5.11 Å². The summed E-state index contributed by atoms with van der Waals surface area (Å²) in [6.07, 6.45) is 1.40. The fraction of sp³-hybridized carbons (Fsp3) is 0.286. The van der Waals surface area contributed by atoms with E-state index in [1.165, 1.54) is 10.8 Å². The molecule has 0 aliphatic carbocycles. The normalized spacial score (nSPS) is 10.5. The van der Waals surface area contributed by atoms with Crippen LogP contribution in [0.25, 0.3) is 5.78 Å². The van der Waals surface area contributed by atoms with E-state index in [-0.39, 0.29) is 6.61 Å². The molecule has 0 atom stereocenters. The number of nitrogens with two attached hydrogens (primary N) is 1. The number of rotatable bonds is 4. The molecule has 2 aromatic rings. The SMILES string of the molecule is NNc1cc(NCCO)n2ncnc2n1. The number of hydrogen-bond donors (Lipinski definition) is 4. The Hall–Kier alpha value is -1.93. The summed E-state index contributed by atoms with van der Waals surface area (Å²) in [6.45, 7) is 0.451. The van der Waals surface area contributed by atoms with E-state index in [0.717, 1.165) is 0 Å². The minimum atomic E-state index is 0.0316. The van der Waals surface area contributed by atoms with Crippen LogP contribution in [0, 0.1) is 0 Å². The van der Waals surface area contributed by atoms with Crippen molar-refractivity contribution in [1.82, 2.24) is 19.6 Å². The molecule has 8 nitrogen and oxygen atoms in total. The van der Waals surface area contributed by atoms with Crippen molar-refractivity contribution >= 4 is 17.4 Å². The smallest absolute Gasteiger partial charge is 0.256 e. The van der Waals surface area contributed by atoms with Crippen molar-refractivity contribution in [2.24, 2.45) is 5.84 Å². The molecule has 2 heterocycles. The van der Waals surface area contributed by atoms with Crippen LogP contribution in [-0.2, 0) is 0 Å². The fourth-order valence-corrected chi connectivity index (χ4v) is 1.20. The molecule has 0 unspecified atom stereocenters. The van der Waals surface area contributed by atoms with Crippen molar-refractivity contribution in [2.45, 2.75) is 0 Å². The molecule has 0 bridgehead atoms. The molecule has 0 saturated carbocycles. The summed E-state index contributed by atoms with van der Waals surface area (Å²) >= 11 is 0. The Morgan fingerprint density at radius 1 is 1.53 bits per heavy atom. The quantitative estimate of drug-likeness (QED) is 0.370. The number of nitrogens with one attached hydrogen (secondary N) is 2. The Morgan fingerprint density at radius 3 is 3.13 bits per heavy atom. The zero-order chi connectivity index (χ0) is 10.7. The summed E-state index contributed by atoms with van der Waals surface area (Å²) in [5.74, 6) is 6.84.